The van der Waals surface area contributed by atoms with Gasteiger partial charge < -0.3 is 10.6 Å². The highest BCUT2D eigenvalue weighted by Gasteiger charge is 2.23. The van der Waals surface area contributed by atoms with Gasteiger partial charge in [0.05, 0.1) is 5.56 Å². The van der Waals surface area contributed by atoms with Gasteiger partial charge in [-0.25, -0.2) is 0 Å². The van der Waals surface area contributed by atoms with E-state index in [1.54, 1.807) is 24.3 Å². The summed E-state index contributed by atoms with van der Waals surface area (Å²) >= 11 is 1.50. The largest absolute Gasteiger partial charge is 0.348 e. The number of fused-ring (bicyclic) bond motifs is 1. The average molecular weight is 351 g/mol. The van der Waals surface area contributed by atoms with Crippen LogP contribution in [0.4, 0.5) is 5.00 Å². The first-order chi connectivity index (χ1) is 12.1. The molecule has 0 bridgehead atoms. The van der Waals surface area contributed by atoms with Gasteiger partial charge in [-0.1, -0.05) is 18.7 Å². The van der Waals surface area contributed by atoms with Crippen LogP contribution in [-0.2, 0) is 24.2 Å². The highest BCUT2D eigenvalue weighted by molar-refractivity contribution is 7.16. The van der Waals surface area contributed by atoms with Crippen molar-refractivity contribution in [2.75, 3.05) is 5.32 Å². The number of nitrogens with one attached hydrogen (secondary N) is 2. The first-order valence-electron chi connectivity index (χ1n) is 7.97. The molecule has 0 atom stereocenters. The monoisotopic (exact) mass is 351 g/mol. The molecule has 3 rings (SSSR count). The number of hydrogen-bond acceptors (Lipinski definition) is 4. The first kappa shape index (κ1) is 16.9. The predicted molar refractivity (Wildman–Crippen MR) is 97.5 cm³/mol. The minimum absolute atomic E-state index is 0.238. The molecule has 0 fully saturated rings. The zero-order valence-corrected chi connectivity index (χ0v) is 14.4. The van der Waals surface area contributed by atoms with Gasteiger partial charge in [0.25, 0.3) is 5.91 Å². The normalized spacial score (nSPS) is 12.1. The summed E-state index contributed by atoms with van der Waals surface area (Å²) < 4.78 is 0. The Kier molecular flexibility index (Phi) is 4.96. The molecule has 1 aromatic heterocycles. The van der Waals surface area contributed by atoms with Gasteiger partial charge in [-0.2, -0.15) is 5.26 Å². The second-order valence-corrected chi connectivity index (χ2v) is 6.85. The smallest absolute Gasteiger partial charge is 0.256 e. The van der Waals surface area contributed by atoms with Crippen molar-refractivity contribution in [1.82, 2.24) is 5.32 Å². The Balaban J connectivity index is 1.69. The third-order valence-electron chi connectivity index (χ3n) is 4.13. The Hall–Kier alpha value is -2.91. The van der Waals surface area contributed by atoms with E-state index in [1.165, 1.54) is 22.3 Å². The number of aryl methyl sites for hydroxylation is 1. The number of rotatable bonds is 5. The Morgan fingerprint density at radius 1 is 1.28 bits per heavy atom. The van der Waals surface area contributed by atoms with Crippen molar-refractivity contribution in [2.24, 2.45) is 0 Å². The Labute approximate surface area is 150 Å². The summed E-state index contributed by atoms with van der Waals surface area (Å²) in [5, 5.41) is 15.6. The van der Waals surface area contributed by atoms with Crippen molar-refractivity contribution < 1.29 is 9.59 Å². The molecule has 0 radical (unpaired) electrons. The average Bonchev–Trinajstić information content (AvgIpc) is 3.20. The predicted octanol–water partition coefficient (Wildman–Crippen LogP) is 3.16. The molecule has 25 heavy (non-hydrogen) atoms. The van der Waals surface area contributed by atoms with Gasteiger partial charge >= 0.3 is 0 Å². The highest BCUT2D eigenvalue weighted by atomic mass is 32.1. The van der Waals surface area contributed by atoms with Gasteiger partial charge in [-0.05, 0) is 48.6 Å². The molecule has 0 saturated heterocycles. The fraction of sp³-hybridized carbons (Fsp3) is 0.211. The fourth-order valence-corrected chi connectivity index (χ4v) is 4.06. The van der Waals surface area contributed by atoms with Crippen molar-refractivity contribution >= 4 is 28.2 Å². The SMILES string of the molecule is C=CC(=O)NCc1ccc(C(=O)Nc2sc3c(c2C#N)CCC3)cc1. The van der Waals surface area contributed by atoms with Gasteiger partial charge in [-0.15, -0.1) is 11.3 Å². The van der Waals surface area contributed by atoms with Crippen LogP contribution in [-0.4, -0.2) is 11.8 Å². The van der Waals surface area contributed by atoms with E-state index < -0.39 is 0 Å². The quantitative estimate of drug-likeness (QED) is 0.812. The van der Waals surface area contributed by atoms with Crippen LogP contribution in [0.1, 0.15) is 38.3 Å². The highest BCUT2D eigenvalue weighted by Crippen LogP contribution is 2.38. The lowest BCUT2D eigenvalue weighted by Gasteiger charge is -2.06. The van der Waals surface area contributed by atoms with Crippen LogP contribution >= 0.6 is 11.3 Å². The summed E-state index contributed by atoms with van der Waals surface area (Å²) in [6.07, 6.45) is 4.19. The maximum absolute atomic E-state index is 12.4. The Morgan fingerprint density at radius 2 is 2.04 bits per heavy atom. The molecule has 0 saturated carbocycles. The summed E-state index contributed by atoms with van der Waals surface area (Å²) in [6, 6.07) is 9.21. The van der Waals surface area contributed by atoms with Crippen molar-refractivity contribution in [1.29, 1.82) is 5.26 Å². The Bertz CT molecular complexity index is 875. The summed E-state index contributed by atoms with van der Waals surface area (Å²) in [7, 11) is 0. The van der Waals surface area contributed by atoms with Gasteiger partial charge in [0.1, 0.15) is 11.1 Å². The van der Waals surface area contributed by atoms with Crippen molar-refractivity contribution in [3.05, 3.63) is 64.1 Å². The molecule has 2 aromatic rings. The van der Waals surface area contributed by atoms with E-state index in [4.69, 9.17) is 0 Å². The minimum Gasteiger partial charge on any atom is -0.348 e. The maximum atomic E-state index is 12.4. The number of carbonyl (C=O) groups excluding carboxylic acids is 2. The molecule has 5 nitrogen and oxygen atoms in total. The molecule has 1 aliphatic carbocycles. The number of hydrogen-bond donors (Lipinski definition) is 2. The van der Waals surface area contributed by atoms with Crippen LogP contribution in [0.2, 0.25) is 0 Å². The molecule has 1 heterocycles. The van der Waals surface area contributed by atoms with E-state index in [9.17, 15) is 14.9 Å². The molecule has 0 spiro atoms. The number of nitriles is 1. The van der Waals surface area contributed by atoms with Crippen LogP contribution in [0, 0.1) is 11.3 Å². The Morgan fingerprint density at radius 3 is 2.72 bits per heavy atom. The molecule has 126 valence electrons. The molecular weight excluding hydrogens is 334 g/mol. The van der Waals surface area contributed by atoms with E-state index in [2.05, 4.69) is 23.3 Å². The number of carbonyl (C=O) groups is 2. The van der Waals surface area contributed by atoms with E-state index in [0.717, 1.165) is 30.4 Å². The van der Waals surface area contributed by atoms with Crippen LogP contribution in [0.5, 0.6) is 0 Å². The molecular formula is C19H17N3O2S. The van der Waals surface area contributed by atoms with E-state index in [0.29, 0.717) is 22.7 Å². The van der Waals surface area contributed by atoms with E-state index in [-0.39, 0.29) is 11.8 Å². The third kappa shape index (κ3) is 3.62. The standard InChI is InChI=1S/C19H17N3O2S/c1-2-17(23)21-11-12-6-8-13(9-7-12)18(24)22-19-15(10-20)14-4-3-5-16(14)25-19/h2,6-9H,1,3-5,11H2,(H,21,23)(H,22,24). The number of anilines is 1. The number of amides is 2. The molecule has 6 heteroatoms. The summed E-state index contributed by atoms with van der Waals surface area (Å²) in [6.45, 7) is 3.77. The van der Waals surface area contributed by atoms with E-state index in [1.807, 2.05) is 0 Å². The molecule has 0 aliphatic heterocycles. The zero-order valence-electron chi connectivity index (χ0n) is 13.6. The second kappa shape index (κ2) is 7.32. The lowest BCUT2D eigenvalue weighted by Crippen LogP contribution is -2.20. The topological polar surface area (TPSA) is 82.0 Å². The summed E-state index contributed by atoms with van der Waals surface area (Å²) in [4.78, 5) is 24.8. The summed E-state index contributed by atoms with van der Waals surface area (Å²) in [5.41, 5.74) is 3.10. The van der Waals surface area contributed by atoms with Crippen molar-refractivity contribution in [2.45, 2.75) is 25.8 Å². The molecule has 0 unspecified atom stereocenters. The van der Waals surface area contributed by atoms with Crippen molar-refractivity contribution in [3.8, 4) is 6.07 Å². The molecule has 2 amide bonds. The zero-order chi connectivity index (χ0) is 17.8. The fourth-order valence-electron chi connectivity index (χ4n) is 2.82. The maximum Gasteiger partial charge on any atom is 0.256 e. The second-order valence-electron chi connectivity index (χ2n) is 5.75. The van der Waals surface area contributed by atoms with Crippen LogP contribution in [0.3, 0.4) is 0 Å². The lowest BCUT2D eigenvalue weighted by atomic mass is 10.1. The van der Waals surface area contributed by atoms with Crippen LogP contribution in [0.15, 0.2) is 36.9 Å². The molecule has 1 aliphatic rings. The first-order valence-corrected chi connectivity index (χ1v) is 8.79. The van der Waals surface area contributed by atoms with Crippen LogP contribution in [0.25, 0.3) is 0 Å². The van der Waals surface area contributed by atoms with Crippen LogP contribution < -0.4 is 10.6 Å². The molecule has 2 N–H and O–H groups in total. The van der Waals surface area contributed by atoms with Gasteiger partial charge in [0.15, 0.2) is 0 Å². The van der Waals surface area contributed by atoms with Gasteiger partial charge in [0, 0.05) is 17.0 Å². The molecule has 1 aromatic carbocycles. The lowest BCUT2D eigenvalue weighted by molar-refractivity contribution is -0.116. The van der Waals surface area contributed by atoms with E-state index >= 15 is 0 Å². The third-order valence-corrected chi connectivity index (χ3v) is 5.34. The minimum atomic E-state index is -0.239. The van der Waals surface area contributed by atoms with Gasteiger partial charge in [-0.3, -0.25) is 9.59 Å². The van der Waals surface area contributed by atoms with Gasteiger partial charge in [0.2, 0.25) is 5.91 Å². The summed E-state index contributed by atoms with van der Waals surface area (Å²) in [5.74, 6) is -0.477. The number of thiophene rings is 1. The van der Waals surface area contributed by atoms with Crippen molar-refractivity contribution in [3.63, 3.8) is 0 Å². The number of nitrogens with zero attached hydrogens (tertiary/aromatic N) is 1. The number of benzene rings is 1.